The predicted molar refractivity (Wildman–Crippen MR) is 75.3 cm³/mol. The molecule has 0 amide bonds. The van der Waals surface area contributed by atoms with E-state index in [0.717, 1.165) is 24.1 Å². The van der Waals surface area contributed by atoms with Crippen molar-refractivity contribution < 1.29 is 0 Å². The normalized spacial score (nSPS) is 21.2. The summed E-state index contributed by atoms with van der Waals surface area (Å²) < 4.78 is 3.03. The van der Waals surface area contributed by atoms with Crippen molar-refractivity contribution in [2.45, 2.75) is 31.8 Å². The fourth-order valence-electron chi connectivity index (χ4n) is 2.34. The number of hydrogen-bond acceptors (Lipinski definition) is 3. The van der Waals surface area contributed by atoms with Crippen LogP contribution in [0.4, 0.5) is 0 Å². The van der Waals surface area contributed by atoms with Gasteiger partial charge in [-0.15, -0.1) is 12.4 Å². The Morgan fingerprint density at radius 3 is 2.88 bits per heavy atom. The summed E-state index contributed by atoms with van der Waals surface area (Å²) in [6.45, 7) is 2.86. The first kappa shape index (κ1) is 15.0. The molecule has 0 saturated carbocycles. The molecule has 1 saturated heterocycles. The van der Waals surface area contributed by atoms with Gasteiger partial charge in [-0.05, 0) is 35.3 Å². The first-order valence-corrected chi connectivity index (χ1v) is 6.62. The van der Waals surface area contributed by atoms with E-state index in [0.29, 0.717) is 6.04 Å². The average Bonchev–Trinajstić information content (AvgIpc) is 2.61. The third-order valence-corrected chi connectivity index (χ3v) is 4.05. The van der Waals surface area contributed by atoms with Crippen LogP contribution in [0, 0.1) is 0 Å². The van der Waals surface area contributed by atoms with Crippen LogP contribution in [-0.4, -0.2) is 33.8 Å². The smallest absolute Gasteiger partial charge is 0.0663 e. The molecule has 4 nitrogen and oxygen atoms in total. The number of aryl methyl sites for hydroxylation is 1. The summed E-state index contributed by atoms with van der Waals surface area (Å²) in [4.78, 5) is 2.48. The van der Waals surface area contributed by atoms with Crippen LogP contribution in [-0.2, 0) is 13.6 Å². The molecule has 0 spiro atoms. The molecule has 0 radical (unpaired) electrons. The van der Waals surface area contributed by atoms with Gasteiger partial charge in [0.25, 0.3) is 0 Å². The van der Waals surface area contributed by atoms with Crippen LogP contribution in [0.1, 0.15) is 25.0 Å². The third-order valence-electron chi connectivity index (χ3n) is 3.38. The summed E-state index contributed by atoms with van der Waals surface area (Å²) in [6, 6.07) is 0.538. The minimum absolute atomic E-state index is 0. The van der Waals surface area contributed by atoms with Crippen LogP contribution in [0.15, 0.2) is 10.7 Å². The molecule has 2 N–H and O–H groups in total. The number of rotatable bonds is 3. The molecular weight excluding hydrogens is 304 g/mol. The summed E-state index contributed by atoms with van der Waals surface area (Å²) in [6.07, 6.45) is 5.68. The van der Waals surface area contributed by atoms with E-state index < -0.39 is 0 Å². The highest BCUT2D eigenvalue weighted by atomic mass is 79.9. The van der Waals surface area contributed by atoms with Crippen LogP contribution in [0.2, 0.25) is 0 Å². The number of nitrogens with zero attached hydrogens (tertiary/aromatic N) is 3. The Kier molecular flexibility index (Phi) is 5.92. The lowest BCUT2D eigenvalue weighted by atomic mass is 10.0. The molecule has 2 rings (SSSR count). The van der Waals surface area contributed by atoms with Crippen molar-refractivity contribution in [1.29, 1.82) is 0 Å². The maximum Gasteiger partial charge on any atom is 0.0663 e. The molecule has 98 valence electrons. The van der Waals surface area contributed by atoms with Crippen LogP contribution in [0.25, 0.3) is 0 Å². The van der Waals surface area contributed by atoms with E-state index in [1.54, 1.807) is 0 Å². The molecule has 0 bridgehead atoms. The Balaban J connectivity index is 0.00000144. The van der Waals surface area contributed by atoms with Crippen LogP contribution in [0.3, 0.4) is 0 Å². The lowest BCUT2D eigenvalue weighted by molar-refractivity contribution is 0.141. The van der Waals surface area contributed by atoms with Crippen molar-refractivity contribution in [3.8, 4) is 0 Å². The average molecular weight is 324 g/mol. The standard InChI is InChI=1S/C11H19BrN4.ClH/c1-15-11(10(12)7-14-15)8-16-5-3-2-4-9(16)6-13;/h7,9H,2-6,8,13H2,1H3;1H. The van der Waals surface area contributed by atoms with Gasteiger partial charge < -0.3 is 5.73 Å². The van der Waals surface area contributed by atoms with E-state index in [9.17, 15) is 0 Å². The van der Waals surface area contributed by atoms with Gasteiger partial charge in [0.2, 0.25) is 0 Å². The summed E-state index contributed by atoms with van der Waals surface area (Å²) in [7, 11) is 1.99. The minimum Gasteiger partial charge on any atom is -0.329 e. The molecule has 0 aliphatic carbocycles. The van der Waals surface area contributed by atoms with Crippen LogP contribution in [0.5, 0.6) is 0 Å². The summed E-state index contributed by atoms with van der Waals surface area (Å²) >= 11 is 3.54. The Bertz CT molecular complexity index is 336. The Hall–Kier alpha value is -0.100. The van der Waals surface area contributed by atoms with E-state index in [4.69, 9.17) is 5.73 Å². The summed E-state index contributed by atoms with van der Waals surface area (Å²) in [5, 5.41) is 4.24. The quantitative estimate of drug-likeness (QED) is 0.924. The number of nitrogens with two attached hydrogens (primary N) is 1. The second kappa shape index (κ2) is 6.73. The van der Waals surface area contributed by atoms with Crippen LogP contribution >= 0.6 is 28.3 Å². The number of halogens is 2. The molecule has 1 aromatic heterocycles. The van der Waals surface area contributed by atoms with Gasteiger partial charge in [0, 0.05) is 26.2 Å². The van der Waals surface area contributed by atoms with Crippen molar-refractivity contribution in [2.75, 3.05) is 13.1 Å². The third kappa shape index (κ3) is 3.44. The Labute approximate surface area is 117 Å². The van der Waals surface area contributed by atoms with Gasteiger partial charge in [-0.1, -0.05) is 6.42 Å². The fraction of sp³-hybridized carbons (Fsp3) is 0.727. The van der Waals surface area contributed by atoms with Gasteiger partial charge in [-0.2, -0.15) is 5.10 Å². The van der Waals surface area contributed by atoms with Gasteiger partial charge in [0.05, 0.1) is 16.4 Å². The number of aromatic nitrogens is 2. The van der Waals surface area contributed by atoms with Gasteiger partial charge in [0.15, 0.2) is 0 Å². The molecule has 1 unspecified atom stereocenters. The van der Waals surface area contributed by atoms with E-state index in [-0.39, 0.29) is 12.4 Å². The topological polar surface area (TPSA) is 47.1 Å². The van der Waals surface area contributed by atoms with Gasteiger partial charge >= 0.3 is 0 Å². The largest absolute Gasteiger partial charge is 0.329 e. The molecule has 6 heteroatoms. The molecule has 1 aliphatic heterocycles. The second-order valence-corrected chi connectivity index (χ2v) is 5.27. The molecule has 1 aromatic rings. The summed E-state index contributed by atoms with van der Waals surface area (Å²) in [5.74, 6) is 0. The first-order chi connectivity index (χ1) is 7.72. The van der Waals surface area contributed by atoms with E-state index >= 15 is 0 Å². The monoisotopic (exact) mass is 322 g/mol. The zero-order valence-electron chi connectivity index (χ0n) is 10.1. The molecule has 2 heterocycles. The molecule has 1 aliphatic rings. The Morgan fingerprint density at radius 2 is 2.29 bits per heavy atom. The fourth-order valence-corrected chi connectivity index (χ4v) is 2.81. The second-order valence-electron chi connectivity index (χ2n) is 4.42. The molecule has 1 atom stereocenters. The van der Waals surface area contributed by atoms with Crippen molar-refractivity contribution in [2.24, 2.45) is 12.8 Å². The number of likely N-dealkylation sites (tertiary alicyclic amines) is 1. The van der Waals surface area contributed by atoms with Gasteiger partial charge in [0.1, 0.15) is 0 Å². The molecule has 1 fully saturated rings. The molecule has 17 heavy (non-hydrogen) atoms. The summed E-state index contributed by atoms with van der Waals surface area (Å²) in [5.41, 5.74) is 7.06. The number of hydrogen-bond donors (Lipinski definition) is 1. The maximum atomic E-state index is 5.82. The highest BCUT2D eigenvalue weighted by molar-refractivity contribution is 9.10. The van der Waals surface area contributed by atoms with Gasteiger partial charge in [-0.3, -0.25) is 9.58 Å². The Morgan fingerprint density at radius 1 is 1.53 bits per heavy atom. The maximum absolute atomic E-state index is 5.82. The van der Waals surface area contributed by atoms with Crippen molar-refractivity contribution >= 4 is 28.3 Å². The predicted octanol–water partition coefficient (Wildman–Crippen LogP) is 1.92. The zero-order chi connectivity index (χ0) is 11.5. The SMILES string of the molecule is Cl.Cn1ncc(Br)c1CN1CCCCC1CN. The van der Waals surface area contributed by atoms with Crippen molar-refractivity contribution in [1.82, 2.24) is 14.7 Å². The molecule has 0 aromatic carbocycles. The minimum atomic E-state index is 0. The van der Waals surface area contributed by atoms with E-state index in [1.165, 1.54) is 25.0 Å². The van der Waals surface area contributed by atoms with Crippen molar-refractivity contribution in [3.63, 3.8) is 0 Å². The van der Waals surface area contributed by atoms with E-state index in [2.05, 4.69) is 25.9 Å². The number of piperidine rings is 1. The van der Waals surface area contributed by atoms with Gasteiger partial charge in [-0.25, -0.2) is 0 Å². The lowest BCUT2D eigenvalue weighted by Crippen LogP contribution is -2.43. The first-order valence-electron chi connectivity index (χ1n) is 5.83. The zero-order valence-corrected chi connectivity index (χ0v) is 12.5. The lowest BCUT2D eigenvalue weighted by Gasteiger charge is -2.34. The molecular formula is C11H20BrClN4. The van der Waals surface area contributed by atoms with E-state index in [1.807, 2.05) is 17.9 Å². The highest BCUT2D eigenvalue weighted by Gasteiger charge is 2.22. The van der Waals surface area contributed by atoms with Crippen LogP contribution < -0.4 is 5.73 Å². The highest BCUT2D eigenvalue weighted by Crippen LogP contribution is 2.22. The van der Waals surface area contributed by atoms with Crippen molar-refractivity contribution in [3.05, 3.63) is 16.4 Å².